The van der Waals surface area contributed by atoms with Crippen molar-refractivity contribution < 1.29 is 10.0 Å². The zero-order chi connectivity index (χ0) is 13.1. The van der Waals surface area contributed by atoms with Gasteiger partial charge >= 0.3 is 5.00 Å². The second-order valence-electron chi connectivity index (χ2n) is 4.71. The summed E-state index contributed by atoms with van der Waals surface area (Å²) in [5.74, 6) is 0.387. The number of rotatable bonds is 6. The van der Waals surface area contributed by atoms with Gasteiger partial charge in [-0.15, -0.1) is 0 Å². The van der Waals surface area contributed by atoms with Gasteiger partial charge in [0.25, 0.3) is 0 Å². The second kappa shape index (κ2) is 5.42. The van der Waals surface area contributed by atoms with Crippen molar-refractivity contribution >= 4 is 21.5 Å². The van der Waals surface area contributed by atoms with Crippen molar-refractivity contribution in [1.29, 1.82) is 0 Å². The Kier molecular flexibility index (Phi) is 4.41. The van der Waals surface area contributed by atoms with Crippen molar-refractivity contribution in [3.63, 3.8) is 0 Å². The number of anilines is 1. The molecule has 0 aliphatic carbocycles. The monoisotopic (exact) mass is 259 g/mol. The Morgan fingerprint density at radius 3 is 2.82 bits per heavy atom. The predicted octanol–water partition coefficient (Wildman–Crippen LogP) is 2.26. The highest BCUT2D eigenvalue weighted by Crippen LogP contribution is 2.26. The normalized spacial score (nSPS) is 14.6. The predicted molar refractivity (Wildman–Crippen MR) is 67.3 cm³/mol. The molecule has 1 rings (SSSR count). The van der Waals surface area contributed by atoms with Crippen molar-refractivity contribution in [2.24, 2.45) is 5.92 Å². The fraction of sp³-hybridized carbons (Fsp3) is 0.700. The number of thiazole rings is 1. The van der Waals surface area contributed by atoms with E-state index in [0.717, 1.165) is 11.3 Å². The van der Waals surface area contributed by atoms with Gasteiger partial charge in [0.05, 0.1) is 10.5 Å². The molecule has 0 aromatic carbocycles. The van der Waals surface area contributed by atoms with Gasteiger partial charge in [0.15, 0.2) is 5.13 Å². The van der Waals surface area contributed by atoms with E-state index in [1.165, 1.54) is 6.20 Å². The summed E-state index contributed by atoms with van der Waals surface area (Å²) in [6, 6.07) is 0. The lowest BCUT2D eigenvalue weighted by Crippen LogP contribution is -2.34. The van der Waals surface area contributed by atoms with Crippen molar-refractivity contribution in [2.45, 2.75) is 32.8 Å². The van der Waals surface area contributed by atoms with Gasteiger partial charge in [0.1, 0.15) is 6.20 Å². The topological polar surface area (TPSA) is 88.3 Å². The van der Waals surface area contributed by atoms with Gasteiger partial charge in [-0.1, -0.05) is 13.8 Å². The number of aliphatic hydroxyl groups is 1. The first-order chi connectivity index (χ1) is 7.80. The third-order valence-corrected chi connectivity index (χ3v) is 3.05. The Morgan fingerprint density at radius 1 is 1.71 bits per heavy atom. The third-order valence-electron chi connectivity index (χ3n) is 2.14. The third kappa shape index (κ3) is 4.66. The SMILES string of the molecule is CC(C)CC(C)(O)CNc1ncc([N+](=O)[O-])s1. The van der Waals surface area contributed by atoms with Crippen LogP contribution in [0.15, 0.2) is 6.20 Å². The molecule has 0 spiro atoms. The standard InChI is InChI=1S/C10H17N3O3S/c1-7(2)4-10(3,14)6-12-9-11-5-8(17-9)13(15)16/h5,7,14H,4,6H2,1-3H3,(H,11,12). The molecule has 0 bridgehead atoms. The highest BCUT2D eigenvalue weighted by molar-refractivity contribution is 7.18. The molecule has 0 fully saturated rings. The van der Waals surface area contributed by atoms with Gasteiger partial charge in [0.2, 0.25) is 0 Å². The number of aromatic nitrogens is 1. The molecule has 0 aliphatic heterocycles. The molecule has 1 heterocycles. The van der Waals surface area contributed by atoms with Crippen LogP contribution in [-0.4, -0.2) is 27.2 Å². The van der Waals surface area contributed by atoms with Gasteiger partial charge in [-0.3, -0.25) is 10.1 Å². The number of nitro groups is 1. The molecule has 17 heavy (non-hydrogen) atoms. The summed E-state index contributed by atoms with van der Waals surface area (Å²) in [5, 5.41) is 23.9. The van der Waals surface area contributed by atoms with E-state index < -0.39 is 10.5 Å². The number of nitrogens with one attached hydrogen (secondary N) is 1. The zero-order valence-electron chi connectivity index (χ0n) is 10.1. The summed E-state index contributed by atoms with van der Waals surface area (Å²) in [5.41, 5.74) is -0.839. The van der Waals surface area contributed by atoms with Crippen molar-refractivity contribution in [2.75, 3.05) is 11.9 Å². The van der Waals surface area contributed by atoms with Gasteiger partial charge in [0, 0.05) is 6.54 Å². The molecule has 1 aromatic heterocycles. The molecule has 1 atom stereocenters. The van der Waals surface area contributed by atoms with E-state index in [4.69, 9.17) is 0 Å². The van der Waals surface area contributed by atoms with E-state index in [-0.39, 0.29) is 5.00 Å². The van der Waals surface area contributed by atoms with Crippen LogP contribution in [0.5, 0.6) is 0 Å². The Balaban J connectivity index is 2.52. The van der Waals surface area contributed by atoms with Crippen LogP contribution in [0.2, 0.25) is 0 Å². The van der Waals surface area contributed by atoms with Gasteiger partial charge in [-0.25, -0.2) is 4.98 Å². The Hall–Kier alpha value is -1.21. The molecular weight excluding hydrogens is 242 g/mol. The van der Waals surface area contributed by atoms with E-state index in [9.17, 15) is 15.2 Å². The molecule has 6 nitrogen and oxygen atoms in total. The zero-order valence-corrected chi connectivity index (χ0v) is 11.0. The number of hydrogen-bond acceptors (Lipinski definition) is 6. The van der Waals surface area contributed by atoms with Crippen LogP contribution in [0.3, 0.4) is 0 Å². The first-order valence-electron chi connectivity index (χ1n) is 5.36. The lowest BCUT2D eigenvalue weighted by atomic mass is 9.94. The highest BCUT2D eigenvalue weighted by atomic mass is 32.1. The smallest absolute Gasteiger partial charge is 0.345 e. The molecule has 1 aromatic rings. The first-order valence-corrected chi connectivity index (χ1v) is 6.18. The highest BCUT2D eigenvalue weighted by Gasteiger charge is 2.22. The molecule has 96 valence electrons. The summed E-state index contributed by atoms with van der Waals surface area (Å²) in [6.07, 6.45) is 1.87. The average Bonchev–Trinajstić information content (AvgIpc) is 2.61. The minimum atomic E-state index is -0.839. The molecule has 1 unspecified atom stereocenters. The molecule has 0 radical (unpaired) electrons. The molecule has 7 heteroatoms. The summed E-state index contributed by atoms with van der Waals surface area (Å²) in [7, 11) is 0. The van der Waals surface area contributed by atoms with Crippen molar-refractivity contribution in [1.82, 2.24) is 4.98 Å². The van der Waals surface area contributed by atoms with Crippen molar-refractivity contribution in [3.8, 4) is 0 Å². The summed E-state index contributed by atoms with van der Waals surface area (Å²) < 4.78 is 0. The van der Waals surface area contributed by atoms with Crippen LogP contribution in [0.4, 0.5) is 10.1 Å². The summed E-state index contributed by atoms with van der Waals surface area (Å²) in [4.78, 5) is 13.9. The van der Waals surface area contributed by atoms with Crippen LogP contribution in [0, 0.1) is 16.0 Å². The molecule has 0 aliphatic rings. The fourth-order valence-electron chi connectivity index (χ4n) is 1.65. The minimum absolute atomic E-state index is 0.00370. The van der Waals surface area contributed by atoms with E-state index in [2.05, 4.69) is 10.3 Å². The van der Waals surface area contributed by atoms with Gasteiger partial charge < -0.3 is 10.4 Å². The maximum absolute atomic E-state index is 10.5. The Bertz CT molecular complexity index is 390. The van der Waals surface area contributed by atoms with E-state index >= 15 is 0 Å². The maximum atomic E-state index is 10.5. The maximum Gasteiger partial charge on any atom is 0.345 e. The lowest BCUT2D eigenvalue weighted by Gasteiger charge is -2.25. The molecule has 2 N–H and O–H groups in total. The van der Waals surface area contributed by atoms with Crippen molar-refractivity contribution in [3.05, 3.63) is 16.3 Å². The van der Waals surface area contributed by atoms with Crippen LogP contribution in [-0.2, 0) is 0 Å². The largest absolute Gasteiger partial charge is 0.388 e. The van der Waals surface area contributed by atoms with E-state index in [1.54, 1.807) is 6.92 Å². The fourth-order valence-corrected chi connectivity index (χ4v) is 2.28. The summed E-state index contributed by atoms with van der Waals surface area (Å²) in [6.45, 7) is 6.13. The second-order valence-corrected chi connectivity index (χ2v) is 5.72. The van der Waals surface area contributed by atoms with E-state index in [0.29, 0.717) is 24.0 Å². The van der Waals surface area contributed by atoms with Crippen LogP contribution < -0.4 is 5.32 Å². The Labute approximate surface area is 104 Å². The number of nitrogens with zero attached hydrogens (tertiary/aromatic N) is 2. The minimum Gasteiger partial charge on any atom is -0.388 e. The van der Waals surface area contributed by atoms with Gasteiger partial charge in [-0.2, -0.15) is 0 Å². The first kappa shape index (κ1) is 13.9. The van der Waals surface area contributed by atoms with Gasteiger partial charge in [-0.05, 0) is 30.6 Å². The van der Waals surface area contributed by atoms with Crippen LogP contribution >= 0.6 is 11.3 Å². The molecule has 0 amide bonds. The van der Waals surface area contributed by atoms with E-state index in [1.807, 2.05) is 13.8 Å². The molecular formula is C10H17N3O3S. The Morgan fingerprint density at radius 2 is 2.35 bits per heavy atom. The van der Waals surface area contributed by atoms with Crippen LogP contribution in [0.1, 0.15) is 27.2 Å². The quantitative estimate of drug-likeness (QED) is 0.604. The lowest BCUT2D eigenvalue weighted by molar-refractivity contribution is -0.380. The number of hydrogen-bond donors (Lipinski definition) is 2. The molecule has 0 saturated carbocycles. The molecule has 0 saturated heterocycles. The average molecular weight is 259 g/mol. The van der Waals surface area contributed by atoms with Crippen LogP contribution in [0.25, 0.3) is 0 Å². The summed E-state index contributed by atoms with van der Waals surface area (Å²) >= 11 is 0.968.